The molecule has 2 N–H and O–H groups in total. The number of nitro groups is 1. The van der Waals surface area contributed by atoms with Gasteiger partial charge in [0.25, 0.3) is 5.69 Å². The molecule has 0 unspecified atom stereocenters. The summed E-state index contributed by atoms with van der Waals surface area (Å²) in [6.45, 7) is 4.29. The average molecular weight is 288 g/mol. The molecule has 16 heavy (non-hydrogen) atoms. The van der Waals surface area contributed by atoms with Crippen LogP contribution in [-0.4, -0.2) is 16.5 Å². The van der Waals surface area contributed by atoms with Gasteiger partial charge in [-0.1, -0.05) is 13.8 Å². The molecule has 1 aromatic rings. The zero-order valence-electron chi connectivity index (χ0n) is 9.24. The third-order valence-corrected chi connectivity index (χ3v) is 2.87. The minimum absolute atomic E-state index is 0.0350. The first-order valence-electron chi connectivity index (χ1n) is 4.89. The topological polar surface area (TPSA) is 82.0 Å². The monoisotopic (exact) mass is 287 g/mol. The molecular weight excluding hydrogens is 274 g/mol. The van der Waals surface area contributed by atoms with E-state index in [-0.39, 0.29) is 5.69 Å². The molecule has 0 aliphatic heterocycles. The summed E-state index contributed by atoms with van der Waals surface area (Å²) < 4.78 is 0.603. The third-order valence-electron chi connectivity index (χ3n) is 2.44. The van der Waals surface area contributed by atoms with Crippen LogP contribution in [0.25, 0.3) is 0 Å². The number of nitrogens with zero attached hydrogens (tertiary/aromatic N) is 2. The van der Waals surface area contributed by atoms with Crippen LogP contribution in [0.3, 0.4) is 0 Å². The van der Waals surface area contributed by atoms with Crippen molar-refractivity contribution in [2.75, 3.05) is 6.54 Å². The van der Waals surface area contributed by atoms with Crippen molar-refractivity contribution in [2.45, 2.75) is 25.7 Å². The highest BCUT2D eigenvalue weighted by Gasteiger charge is 2.30. The molecule has 5 nitrogen and oxygen atoms in total. The fraction of sp³-hybridized carbons (Fsp3) is 0.500. The highest BCUT2D eigenvalue weighted by molar-refractivity contribution is 9.10. The van der Waals surface area contributed by atoms with Crippen LogP contribution in [0.15, 0.2) is 16.7 Å². The van der Waals surface area contributed by atoms with E-state index < -0.39 is 10.3 Å². The minimum Gasteiger partial charge on any atom is -0.330 e. The highest BCUT2D eigenvalue weighted by atomic mass is 79.9. The Morgan fingerprint density at radius 3 is 2.75 bits per heavy atom. The molecular formula is C10H14BrN3O2. The van der Waals surface area contributed by atoms with E-state index in [2.05, 4.69) is 20.9 Å². The largest absolute Gasteiger partial charge is 0.330 e. The third kappa shape index (κ3) is 2.76. The number of aromatic nitrogens is 1. The van der Waals surface area contributed by atoms with Crippen molar-refractivity contribution in [1.82, 2.24) is 4.98 Å². The molecule has 0 bridgehead atoms. The number of rotatable bonds is 4. The van der Waals surface area contributed by atoms with Gasteiger partial charge in [-0.05, 0) is 28.9 Å². The van der Waals surface area contributed by atoms with Crippen LogP contribution in [0.2, 0.25) is 0 Å². The van der Waals surface area contributed by atoms with Gasteiger partial charge in [0.1, 0.15) is 5.69 Å². The molecule has 0 saturated carbocycles. The summed E-state index contributed by atoms with van der Waals surface area (Å²) in [4.78, 5) is 14.7. The van der Waals surface area contributed by atoms with Gasteiger partial charge in [0.15, 0.2) is 0 Å². The second-order valence-electron chi connectivity index (χ2n) is 4.20. The molecule has 0 spiro atoms. The standard InChI is InChI=1S/C10H14BrN3O2/c1-10(2,3-4-12)9-8(14(15)16)5-7(11)6-13-9/h5-6H,3-4,12H2,1-2H3. The molecule has 0 aliphatic rings. The molecule has 0 fully saturated rings. The lowest BCUT2D eigenvalue weighted by Gasteiger charge is -2.22. The zero-order valence-corrected chi connectivity index (χ0v) is 10.8. The van der Waals surface area contributed by atoms with Gasteiger partial charge in [0, 0.05) is 22.2 Å². The summed E-state index contributed by atoms with van der Waals surface area (Å²) in [7, 11) is 0. The SMILES string of the molecule is CC(C)(CCN)c1ncc(Br)cc1[N+](=O)[O-]. The lowest BCUT2D eigenvalue weighted by Crippen LogP contribution is -2.24. The lowest BCUT2D eigenvalue weighted by atomic mass is 9.84. The molecule has 0 atom stereocenters. The summed E-state index contributed by atoms with van der Waals surface area (Å²) in [5, 5.41) is 10.9. The number of halogens is 1. The highest BCUT2D eigenvalue weighted by Crippen LogP contribution is 2.33. The fourth-order valence-electron chi connectivity index (χ4n) is 1.57. The predicted octanol–water partition coefficient (Wildman–Crippen LogP) is 2.38. The van der Waals surface area contributed by atoms with E-state index >= 15 is 0 Å². The average Bonchev–Trinajstić information content (AvgIpc) is 2.16. The van der Waals surface area contributed by atoms with Gasteiger partial charge in [-0.3, -0.25) is 15.1 Å². The van der Waals surface area contributed by atoms with E-state index in [0.29, 0.717) is 23.1 Å². The van der Waals surface area contributed by atoms with Gasteiger partial charge in [-0.25, -0.2) is 0 Å². The van der Waals surface area contributed by atoms with Crippen LogP contribution < -0.4 is 5.73 Å². The number of hydrogen-bond acceptors (Lipinski definition) is 4. The Hall–Kier alpha value is -1.01. The second-order valence-corrected chi connectivity index (χ2v) is 5.12. The Morgan fingerprint density at radius 2 is 2.25 bits per heavy atom. The van der Waals surface area contributed by atoms with Crippen LogP contribution in [0.1, 0.15) is 26.0 Å². The Bertz CT molecular complexity index is 407. The molecule has 0 aliphatic carbocycles. The Balaban J connectivity index is 3.27. The Morgan fingerprint density at radius 1 is 1.62 bits per heavy atom. The predicted molar refractivity (Wildman–Crippen MR) is 65.3 cm³/mol. The maximum Gasteiger partial charge on any atom is 0.292 e. The maximum absolute atomic E-state index is 10.9. The van der Waals surface area contributed by atoms with Gasteiger partial charge < -0.3 is 5.73 Å². The smallest absolute Gasteiger partial charge is 0.292 e. The first kappa shape index (κ1) is 13.1. The van der Waals surface area contributed by atoms with E-state index in [1.807, 2.05) is 13.8 Å². The molecule has 88 valence electrons. The summed E-state index contributed by atoms with van der Waals surface area (Å²) >= 11 is 3.18. The van der Waals surface area contributed by atoms with Gasteiger partial charge >= 0.3 is 0 Å². The van der Waals surface area contributed by atoms with Crippen LogP contribution in [-0.2, 0) is 5.41 Å². The fourth-order valence-corrected chi connectivity index (χ4v) is 1.89. The van der Waals surface area contributed by atoms with Crippen molar-refractivity contribution < 1.29 is 4.92 Å². The molecule has 0 amide bonds. The molecule has 0 aromatic carbocycles. The number of nitrogens with two attached hydrogens (primary N) is 1. The first-order valence-corrected chi connectivity index (χ1v) is 5.68. The second kappa shape index (κ2) is 4.88. The summed E-state index contributed by atoms with van der Waals surface area (Å²) in [6.07, 6.45) is 2.23. The number of hydrogen-bond donors (Lipinski definition) is 1. The van der Waals surface area contributed by atoms with Gasteiger partial charge in [0.2, 0.25) is 0 Å². The Kier molecular flexibility index (Phi) is 3.98. The summed E-state index contributed by atoms with van der Waals surface area (Å²) in [5.41, 5.74) is 5.62. The van der Waals surface area contributed by atoms with Crippen molar-refractivity contribution in [2.24, 2.45) is 5.73 Å². The molecule has 6 heteroatoms. The van der Waals surface area contributed by atoms with E-state index in [1.165, 1.54) is 6.07 Å². The normalized spacial score (nSPS) is 11.5. The van der Waals surface area contributed by atoms with Crippen LogP contribution in [0, 0.1) is 10.1 Å². The zero-order chi connectivity index (χ0) is 12.3. The lowest BCUT2D eigenvalue weighted by molar-refractivity contribution is -0.386. The summed E-state index contributed by atoms with van der Waals surface area (Å²) in [6, 6.07) is 1.47. The van der Waals surface area contributed by atoms with Crippen molar-refractivity contribution in [3.8, 4) is 0 Å². The summed E-state index contributed by atoms with van der Waals surface area (Å²) in [5.74, 6) is 0. The van der Waals surface area contributed by atoms with E-state index in [0.717, 1.165) is 0 Å². The molecule has 1 rings (SSSR count). The number of pyridine rings is 1. The molecule has 0 radical (unpaired) electrons. The van der Waals surface area contributed by atoms with E-state index in [4.69, 9.17) is 5.73 Å². The molecule has 1 aromatic heterocycles. The quantitative estimate of drug-likeness (QED) is 0.681. The molecule has 0 saturated heterocycles. The Labute approximate surface area is 102 Å². The van der Waals surface area contributed by atoms with Crippen LogP contribution >= 0.6 is 15.9 Å². The van der Waals surface area contributed by atoms with Crippen LogP contribution in [0.4, 0.5) is 5.69 Å². The van der Waals surface area contributed by atoms with E-state index in [1.54, 1.807) is 6.20 Å². The van der Waals surface area contributed by atoms with Crippen molar-refractivity contribution in [3.63, 3.8) is 0 Å². The maximum atomic E-state index is 10.9. The van der Waals surface area contributed by atoms with Gasteiger partial charge in [-0.15, -0.1) is 0 Å². The first-order chi connectivity index (χ1) is 7.38. The van der Waals surface area contributed by atoms with Crippen molar-refractivity contribution in [3.05, 3.63) is 32.5 Å². The minimum atomic E-state index is -0.411. The van der Waals surface area contributed by atoms with Crippen molar-refractivity contribution in [1.29, 1.82) is 0 Å². The van der Waals surface area contributed by atoms with Gasteiger partial charge in [0.05, 0.1) is 4.92 Å². The van der Waals surface area contributed by atoms with E-state index in [9.17, 15) is 10.1 Å². The van der Waals surface area contributed by atoms with Crippen molar-refractivity contribution >= 4 is 21.6 Å². The van der Waals surface area contributed by atoms with Gasteiger partial charge in [-0.2, -0.15) is 0 Å². The molecule has 1 heterocycles. The van der Waals surface area contributed by atoms with Crippen LogP contribution in [0.5, 0.6) is 0 Å².